The Morgan fingerprint density at radius 3 is 2.52 bits per heavy atom. The number of halogens is 1. The molecule has 1 saturated heterocycles. The summed E-state index contributed by atoms with van der Waals surface area (Å²) in [7, 11) is -5.66. The third-order valence-corrected chi connectivity index (χ3v) is 10.1. The first-order valence-corrected chi connectivity index (χ1v) is 17.0. The molecule has 1 aliphatic heterocycles. The Hall–Kier alpha value is -3.81. The minimum Gasteiger partial charge on any atom is -0.442 e. The van der Waals surface area contributed by atoms with Gasteiger partial charge in [0, 0.05) is 24.9 Å². The summed E-state index contributed by atoms with van der Waals surface area (Å²) < 4.78 is 37.5. The van der Waals surface area contributed by atoms with Crippen LogP contribution in [0.4, 0.5) is 14.9 Å². The molecule has 0 aromatic heterocycles. The molecule has 0 spiro atoms. The molecule has 3 atom stereocenters. The smallest absolute Gasteiger partial charge is 0.414 e. The molecule has 3 aromatic rings. The molecule has 13 nitrogen and oxygen atoms in total. The summed E-state index contributed by atoms with van der Waals surface area (Å²) in [6.07, 6.45) is 0.0844. The van der Waals surface area contributed by atoms with Crippen LogP contribution >= 0.6 is 28.6 Å². The molecule has 1 fully saturated rings. The number of carbonyl (C=O) groups excluding carboxylic acids is 1. The van der Waals surface area contributed by atoms with Gasteiger partial charge in [-0.2, -0.15) is 5.11 Å². The van der Waals surface area contributed by atoms with Crippen molar-refractivity contribution in [3.05, 3.63) is 95.6 Å². The number of anilines is 1. The van der Waals surface area contributed by atoms with E-state index in [-0.39, 0.29) is 24.7 Å². The molecule has 244 valence electrons. The summed E-state index contributed by atoms with van der Waals surface area (Å²) in [5.74, 6) is -0.116. The molecule has 1 heterocycles. The van der Waals surface area contributed by atoms with Gasteiger partial charge in [0.05, 0.1) is 24.5 Å². The molecule has 17 heteroatoms. The van der Waals surface area contributed by atoms with Gasteiger partial charge in [-0.1, -0.05) is 36.4 Å². The Bertz CT molecular complexity index is 1600. The van der Waals surface area contributed by atoms with Gasteiger partial charge in [-0.15, -0.1) is 0 Å². The lowest BCUT2D eigenvalue weighted by Gasteiger charge is -2.16. The molecule has 0 bridgehead atoms. The Kier molecular flexibility index (Phi) is 12.7. The van der Waals surface area contributed by atoms with Gasteiger partial charge in [-0.05, 0) is 65.7 Å². The minimum absolute atomic E-state index is 0.0208. The number of rotatable bonds is 14. The average Bonchev–Trinajstić information content (AvgIpc) is 3.42. The maximum absolute atomic E-state index is 15.2. The molecule has 0 radical (unpaired) electrons. The zero-order valence-corrected chi connectivity index (χ0v) is 27.0. The number of nitrogens with two attached hydrogens (primary N) is 1. The number of cyclic esters (lactones) is 1. The molecule has 46 heavy (non-hydrogen) atoms. The first-order chi connectivity index (χ1) is 22.1. The normalized spacial score (nSPS) is 16.2. The van der Waals surface area contributed by atoms with Crippen molar-refractivity contribution in [2.24, 2.45) is 10.8 Å². The van der Waals surface area contributed by atoms with E-state index in [1.165, 1.54) is 17.2 Å². The summed E-state index contributed by atoms with van der Waals surface area (Å²) in [6, 6.07) is 18.3. The van der Waals surface area contributed by atoms with Crippen LogP contribution in [0.1, 0.15) is 11.1 Å². The second-order valence-electron chi connectivity index (χ2n) is 10.1. The number of benzene rings is 3. The van der Waals surface area contributed by atoms with Gasteiger partial charge < -0.3 is 40.5 Å². The molecule has 2 unspecified atom stereocenters. The first-order valence-electron chi connectivity index (χ1n) is 13.9. The number of hydrogen-bond acceptors (Lipinski definition) is 11. The van der Waals surface area contributed by atoms with Gasteiger partial charge >= 0.3 is 6.09 Å². The van der Waals surface area contributed by atoms with Gasteiger partial charge in [0.15, 0.2) is 8.38 Å². The van der Waals surface area contributed by atoms with Gasteiger partial charge in [0.25, 0.3) is 5.17 Å². The highest BCUT2D eigenvalue weighted by atomic mass is 32.1. The number of nitrogens with one attached hydrogen (secondary N) is 3. The number of nitrogens with zero attached hydrogens (tertiary/aromatic N) is 2. The van der Waals surface area contributed by atoms with Crippen LogP contribution < -0.4 is 26.0 Å². The Morgan fingerprint density at radius 2 is 1.91 bits per heavy atom. The van der Waals surface area contributed by atoms with Crippen molar-refractivity contribution >= 4 is 45.6 Å². The summed E-state index contributed by atoms with van der Waals surface area (Å²) in [4.78, 5) is 41.9. The highest BCUT2D eigenvalue weighted by Crippen LogP contribution is 2.46. The van der Waals surface area contributed by atoms with E-state index in [0.717, 1.165) is 5.56 Å². The predicted molar refractivity (Wildman–Crippen MR) is 176 cm³/mol. The molecule has 3 aromatic carbocycles. The third-order valence-electron chi connectivity index (χ3n) is 6.98. The quantitative estimate of drug-likeness (QED) is 0.0721. The van der Waals surface area contributed by atoms with Crippen LogP contribution in [0.2, 0.25) is 0 Å². The first kappa shape index (κ1) is 35.1. The molecule has 1 amide bonds. The zero-order valence-electron chi connectivity index (χ0n) is 24.3. The van der Waals surface area contributed by atoms with E-state index in [1.807, 2.05) is 12.1 Å². The van der Waals surface area contributed by atoms with E-state index < -0.39 is 39.8 Å². The van der Waals surface area contributed by atoms with Gasteiger partial charge in [-0.25, -0.2) is 14.7 Å². The number of hydrogen-bond donors (Lipinski definition) is 7. The maximum Gasteiger partial charge on any atom is 0.414 e. The topological polar surface area (TPSA) is 203 Å². The highest BCUT2D eigenvalue weighted by molar-refractivity contribution is 7.80. The van der Waals surface area contributed by atoms with E-state index in [2.05, 4.69) is 15.7 Å². The lowest BCUT2D eigenvalue weighted by atomic mass is 10.0. The summed E-state index contributed by atoms with van der Waals surface area (Å²) in [5.41, 5.74) is 15.8. The van der Waals surface area contributed by atoms with Crippen LogP contribution in [-0.4, -0.2) is 57.1 Å². The van der Waals surface area contributed by atoms with Crippen molar-refractivity contribution in [3.8, 4) is 16.9 Å². The van der Waals surface area contributed by atoms with Crippen LogP contribution in [0.3, 0.4) is 0 Å². The van der Waals surface area contributed by atoms with E-state index in [9.17, 15) is 24.0 Å². The van der Waals surface area contributed by atoms with Crippen LogP contribution in [0, 0.1) is 11.3 Å². The van der Waals surface area contributed by atoms with Crippen molar-refractivity contribution in [2.75, 3.05) is 24.5 Å². The van der Waals surface area contributed by atoms with Crippen LogP contribution in [-0.2, 0) is 22.3 Å². The lowest BCUT2D eigenvalue weighted by molar-refractivity contribution is 0.142. The molecular formula is C29H33FN6O7P2S. The number of thiocarbonyl (C=S) groups is 1. The molecule has 0 aliphatic carbocycles. The van der Waals surface area contributed by atoms with Crippen LogP contribution in [0.15, 0.2) is 83.7 Å². The van der Waals surface area contributed by atoms with E-state index in [1.54, 1.807) is 48.5 Å². The predicted octanol–water partition coefficient (Wildman–Crippen LogP) is 4.32. The Balaban J connectivity index is 1.27. The van der Waals surface area contributed by atoms with Gasteiger partial charge in [0.1, 0.15) is 23.1 Å². The van der Waals surface area contributed by atoms with Crippen molar-refractivity contribution in [1.82, 2.24) is 10.6 Å². The maximum atomic E-state index is 15.2. The molecule has 8 N–H and O–H groups in total. The molecule has 1 aliphatic rings. The zero-order chi connectivity index (χ0) is 33.2. The summed E-state index contributed by atoms with van der Waals surface area (Å²) in [5, 5.41) is 8.23. The molecular weight excluding hydrogens is 657 g/mol. The van der Waals surface area contributed by atoms with E-state index in [0.29, 0.717) is 46.9 Å². The van der Waals surface area contributed by atoms with E-state index in [4.69, 9.17) is 33.0 Å². The van der Waals surface area contributed by atoms with Crippen molar-refractivity contribution in [1.29, 1.82) is 5.53 Å². The Morgan fingerprint density at radius 1 is 1.22 bits per heavy atom. The van der Waals surface area contributed by atoms with Crippen molar-refractivity contribution in [3.63, 3.8) is 0 Å². The van der Waals surface area contributed by atoms with Crippen molar-refractivity contribution in [2.45, 2.75) is 24.5 Å². The van der Waals surface area contributed by atoms with Gasteiger partial charge in [-0.3, -0.25) is 9.46 Å². The second-order valence-corrected chi connectivity index (χ2v) is 13.6. The van der Waals surface area contributed by atoms with Gasteiger partial charge in [0.2, 0.25) is 8.03 Å². The fourth-order valence-corrected chi connectivity index (χ4v) is 6.30. The second kappa shape index (κ2) is 16.7. The van der Waals surface area contributed by atoms with Crippen molar-refractivity contribution < 1.29 is 37.9 Å². The average molecular weight is 691 g/mol. The SMILES string of the molecule is N=N/C(=C\N)CNCc1ccc(-c2ccc(N3C[C@H](CNC(=S)Oc4ccc(CC(P(O)O)[PH](=O)O)cc4)OC3=O)cc2F)cc1. The summed E-state index contributed by atoms with van der Waals surface area (Å²) >= 11 is 5.23. The third kappa shape index (κ3) is 9.60. The standard InChI is InChI=1S/C29H33FN6O7P2S/c30-26-12-22(7-10-25(26)20-5-1-19(2-6-20)14-33-15-21(13-31)35-32)36-17-24(43-29(36)37)16-34-28(46)42-23-8-3-18(4-9-23)11-27(44(38)39)45(40)41/h1-10,12-13,24,27,32-33,38-39,45H,11,14-17,31H2,(H,34,46)(H,40,41)/b21-13-,35-32?/t24-,27?/m0/s1. The van der Waals surface area contributed by atoms with Crippen LogP contribution in [0.25, 0.3) is 11.1 Å². The number of carbonyl (C=O) groups is 1. The number of ether oxygens (including phenoxy) is 2. The summed E-state index contributed by atoms with van der Waals surface area (Å²) in [6.45, 7) is 1.17. The largest absolute Gasteiger partial charge is 0.442 e. The highest BCUT2D eigenvalue weighted by Gasteiger charge is 2.33. The van der Waals surface area contributed by atoms with Crippen LogP contribution in [0.5, 0.6) is 5.75 Å². The molecule has 4 rings (SSSR count). The molecule has 0 saturated carbocycles. The fourth-order valence-electron chi connectivity index (χ4n) is 4.54. The Labute approximate surface area is 271 Å². The van der Waals surface area contributed by atoms with E-state index >= 15 is 4.39 Å². The minimum atomic E-state index is -3.11. The fraction of sp³-hybridized carbons (Fsp3) is 0.241. The monoisotopic (exact) mass is 690 g/mol. The number of amides is 1. The lowest BCUT2D eigenvalue weighted by Crippen LogP contribution is -2.36.